The molecule has 2 nitrogen and oxygen atoms in total. The highest BCUT2D eigenvalue weighted by Crippen LogP contribution is 2.27. The minimum Gasteiger partial charge on any atom is -0.299 e. The molecule has 0 fully saturated rings. The van der Waals surface area contributed by atoms with Crippen molar-refractivity contribution in [2.45, 2.75) is 0 Å². The summed E-state index contributed by atoms with van der Waals surface area (Å²) in [6.45, 7) is 0. The van der Waals surface area contributed by atoms with Gasteiger partial charge in [0.1, 0.15) is 5.69 Å². The molecule has 1 aromatic rings. The lowest BCUT2D eigenvalue weighted by molar-refractivity contribution is 1.23. The summed E-state index contributed by atoms with van der Waals surface area (Å²) < 4.78 is 1.16. The van der Waals surface area contributed by atoms with E-state index in [0.29, 0.717) is 5.36 Å². The zero-order valence-electron chi connectivity index (χ0n) is 7.90. The molecule has 0 spiro atoms. The maximum absolute atomic E-state index is 7.78. The fraction of sp³-hybridized carbons (Fsp3) is 0. The highest BCUT2D eigenvalue weighted by molar-refractivity contribution is 7.21. The number of nitrogens with zero attached hydrogens (tertiary/aromatic N) is 1. The van der Waals surface area contributed by atoms with Crippen LogP contribution in [0.2, 0.25) is 0 Å². The van der Waals surface area contributed by atoms with Gasteiger partial charge in [0.2, 0.25) is 0 Å². The van der Waals surface area contributed by atoms with Crippen LogP contribution in [0.15, 0.2) is 42.5 Å². The van der Waals surface area contributed by atoms with Gasteiger partial charge in [-0.1, -0.05) is 18.2 Å². The molecule has 3 rings (SSSR count). The van der Waals surface area contributed by atoms with Gasteiger partial charge in [0.05, 0.1) is 20.5 Å². The largest absolute Gasteiger partial charge is 0.299 e. The smallest absolute Gasteiger partial charge is 0.106 e. The van der Waals surface area contributed by atoms with Gasteiger partial charge in [-0.25, -0.2) is 4.98 Å². The first-order valence-corrected chi connectivity index (χ1v) is 5.49. The van der Waals surface area contributed by atoms with Gasteiger partial charge < -0.3 is 0 Å². The first-order chi connectivity index (χ1) is 7.34. The summed E-state index contributed by atoms with van der Waals surface area (Å²) in [4.78, 5) is 5.57. The summed E-state index contributed by atoms with van der Waals surface area (Å²) in [6, 6.07) is 13.7. The fourth-order valence-electron chi connectivity index (χ4n) is 1.59. The van der Waals surface area contributed by atoms with Crippen LogP contribution in [-0.2, 0) is 0 Å². The van der Waals surface area contributed by atoms with E-state index >= 15 is 0 Å². The van der Waals surface area contributed by atoms with Crippen molar-refractivity contribution in [3.05, 3.63) is 47.8 Å². The highest BCUT2D eigenvalue weighted by Gasteiger charge is 2.06. The van der Waals surface area contributed by atoms with Gasteiger partial charge in [-0.3, -0.25) is 5.41 Å². The van der Waals surface area contributed by atoms with E-state index in [9.17, 15) is 0 Å². The van der Waals surface area contributed by atoms with Crippen molar-refractivity contribution in [1.82, 2.24) is 4.98 Å². The van der Waals surface area contributed by atoms with E-state index < -0.39 is 0 Å². The molecule has 1 aliphatic heterocycles. The van der Waals surface area contributed by atoms with Crippen LogP contribution in [0, 0.1) is 5.41 Å². The topological polar surface area (TPSA) is 36.7 Å². The Balaban J connectivity index is 2.54. The Labute approximate surface area is 90.7 Å². The van der Waals surface area contributed by atoms with Crippen LogP contribution < -0.4 is 5.36 Å². The van der Waals surface area contributed by atoms with Gasteiger partial charge in [0, 0.05) is 0 Å². The monoisotopic (exact) mass is 212 g/mol. The summed E-state index contributed by atoms with van der Waals surface area (Å²) in [5.41, 5.74) is 1.76. The summed E-state index contributed by atoms with van der Waals surface area (Å²) in [7, 11) is 0. The lowest BCUT2D eigenvalue weighted by atomic mass is 10.2. The first kappa shape index (κ1) is 8.56. The lowest BCUT2D eigenvalue weighted by Crippen LogP contribution is -2.04. The zero-order valence-corrected chi connectivity index (χ0v) is 8.71. The van der Waals surface area contributed by atoms with Gasteiger partial charge in [0.15, 0.2) is 0 Å². The van der Waals surface area contributed by atoms with Gasteiger partial charge in [-0.2, -0.15) is 0 Å². The van der Waals surface area contributed by atoms with Crippen molar-refractivity contribution in [3.8, 4) is 10.6 Å². The quantitative estimate of drug-likeness (QED) is 0.571. The van der Waals surface area contributed by atoms with Gasteiger partial charge in [0.25, 0.3) is 0 Å². The highest BCUT2D eigenvalue weighted by atomic mass is 32.1. The van der Waals surface area contributed by atoms with E-state index in [1.165, 1.54) is 0 Å². The van der Waals surface area contributed by atoms with Crippen LogP contribution in [0.4, 0.5) is 0 Å². The van der Waals surface area contributed by atoms with Crippen LogP contribution in [0.5, 0.6) is 0 Å². The molecule has 2 aliphatic rings. The molecule has 1 N–H and O–H groups in total. The summed E-state index contributed by atoms with van der Waals surface area (Å²) >= 11 is 1.68. The number of rotatable bonds is 0. The molecule has 3 heteroatoms. The molecular weight excluding hydrogens is 204 g/mol. The predicted octanol–water partition coefficient (Wildman–Crippen LogP) is 2.88. The molecule has 72 valence electrons. The van der Waals surface area contributed by atoms with Crippen LogP contribution in [-0.4, -0.2) is 4.98 Å². The molecule has 0 atom stereocenters. The minimum atomic E-state index is 0.495. The Bertz CT molecular complexity index is 657. The average Bonchev–Trinajstić information content (AvgIpc) is 2.27. The Morgan fingerprint density at radius 2 is 1.87 bits per heavy atom. The number of benzene rings is 2. The maximum atomic E-state index is 7.78. The minimum absolute atomic E-state index is 0.495. The van der Waals surface area contributed by atoms with Crippen molar-refractivity contribution in [2.75, 3.05) is 0 Å². The molecule has 0 aromatic heterocycles. The van der Waals surface area contributed by atoms with Crippen molar-refractivity contribution < 1.29 is 0 Å². The summed E-state index contributed by atoms with van der Waals surface area (Å²) in [5, 5.41) is 8.28. The van der Waals surface area contributed by atoms with Crippen LogP contribution in [0.3, 0.4) is 0 Å². The Kier molecular flexibility index (Phi) is 1.79. The number of hydrogen-bond donors (Lipinski definition) is 1. The third kappa shape index (κ3) is 1.32. The molecule has 0 bridgehead atoms. The average molecular weight is 212 g/mol. The van der Waals surface area contributed by atoms with Gasteiger partial charge >= 0.3 is 0 Å². The van der Waals surface area contributed by atoms with E-state index in [4.69, 9.17) is 5.41 Å². The third-order valence-corrected chi connectivity index (χ3v) is 3.43. The number of aromatic nitrogens is 1. The normalized spacial score (nSPS) is 10.9. The van der Waals surface area contributed by atoms with Gasteiger partial charge in [-0.15, -0.1) is 11.3 Å². The second-order valence-corrected chi connectivity index (χ2v) is 4.42. The number of nitrogens with one attached hydrogen (secondary N) is 1. The Morgan fingerprint density at radius 1 is 1.00 bits per heavy atom. The number of fused-ring (bicyclic) bond motifs is 2. The lowest BCUT2D eigenvalue weighted by Gasteiger charge is -2.04. The second-order valence-electron chi connectivity index (χ2n) is 3.33. The molecule has 0 radical (unpaired) electrons. The summed E-state index contributed by atoms with van der Waals surface area (Å²) in [6.07, 6.45) is 0. The number of hydrogen-bond acceptors (Lipinski definition) is 3. The second kappa shape index (κ2) is 3.14. The van der Waals surface area contributed by atoms with E-state index in [-0.39, 0.29) is 0 Å². The molecular formula is C12H8N2S. The molecule has 1 heterocycles. The first-order valence-electron chi connectivity index (χ1n) is 4.68. The Hall–Kier alpha value is -1.74. The molecule has 0 saturated heterocycles. The van der Waals surface area contributed by atoms with Crippen molar-refractivity contribution in [2.24, 2.45) is 0 Å². The van der Waals surface area contributed by atoms with E-state index in [0.717, 1.165) is 20.8 Å². The molecule has 15 heavy (non-hydrogen) atoms. The van der Waals surface area contributed by atoms with Crippen molar-refractivity contribution in [3.63, 3.8) is 0 Å². The van der Waals surface area contributed by atoms with Gasteiger partial charge in [-0.05, 0) is 24.3 Å². The molecule has 0 saturated carbocycles. The fourth-order valence-corrected chi connectivity index (χ4v) is 2.60. The SMILES string of the molecule is N=c1cccc2sc3ccccc3nc1-2. The molecule has 0 amide bonds. The van der Waals surface area contributed by atoms with E-state index in [2.05, 4.69) is 11.1 Å². The van der Waals surface area contributed by atoms with Crippen LogP contribution in [0.25, 0.3) is 20.8 Å². The number of para-hydroxylation sites is 2. The van der Waals surface area contributed by atoms with Crippen LogP contribution >= 0.6 is 11.3 Å². The third-order valence-electron chi connectivity index (χ3n) is 2.32. The van der Waals surface area contributed by atoms with E-state index in [1.54, 1.807) is 17.4 Å². The molecule has 0 unspecified atom stereocenters. The predicted molar refractivity (Wildman–Crippen MR) is 62.1 cm³/mol. The molecule has 1 aromatic carbocycles. The Morgan fingerprint density at radius 3 is 2.80 bits per heavy atom. The van der Waals surface area contributed by atoms with Crippen LogP contribution in [0.1, 0.15) is 0 Å². The van der Waals surface area contributed by atoms with Crippen molar-refractivity contribution in [1.29, 1.82) is 5.41 Å². The molecule has 1 aliphatic carbocycles. The van der Waals surface area contributed by atoms with Crippen molar-refractivity contribution >= 4 is 21.6 Å². The van der Waals surface area contributed by atoms with E-state index in [1.807, 2.05) is 30.3 Å². The zero-order chi connectivity index (χ0) is 10.3. The standard InChI is InChI=1S/C12H8N2S/c13-8-4-3-7-11-12(8)14-9-5-1-2-6-10(9)15-11/h1-7,13H. The maximum Gasteiger partial charge on any atom is 0.106 e. The summed E-state index contributed by atoms with van der Waals surface area (Å²) in [5.74, 6) is 0.